The van der Waals surface area contributed by atoms with Crippen LogP contribution in [0.1, 0.15) is 5.56 Å². The first kappa shape index (κ1) is 14.8. The molecular weight excluding hydrogens is 292 g/mol. The van der Waals surface area contributed by atoms with Crippen LogP contribution in [0.3, 0.4) is 0 Å². The molecule has 2 aromatic rings. The van der Waals surface area contributed by atoms with Gasteiger partial charge in [-0.3, -0.25) is 9.59 Å². The predicted octanol–water partition coefficient (Wildman–Crippen LogP) is 2.24. The van der Waals surface area contributed by atoms with Crippen molar-refractivity contribution in [2.75, 3.05) is 12.0 Å². The van der Waals surface area contributed by atoms with Gasteiger partial charge in [-0.1, -0.05) is 30.3 Å². The Morgan fingerprint density at radius 1 is 1.00 bits per heavy atom. The summed E-state index contributed by atoms with van der Waals surface area (Å²) in [6.07, 6.45) is 1.33. The van der Waals surface area contributed by atoms with E-state index in [1.807, 2.05) is 30.3 Å². The van der Waals surface area contributed by atoms with E-state index in [0.29, 0.717) is 17.9 Å². The minimum absolute atomic E-state index is 0.301. The lowest BCUT2D eigenvalue weighted by atomic mass is 10.2. The topological polar surface area (TPSA) is 58.6 Å². The number of carbonyl (C=O) groups is 2. The number of imide groups is 1. The first-order valence-electron chi connectivity index (χ1n) is 7.21. The lowest BCUT2D eigenvalue weighted by Gasteiger charge is -2.15. The lowest BCUT2D eigenvalue weighted by molar-refractivity contribution is -0.120. The molecule has 2 amide bonds. The van der Waals surface area contributed by atoms with Gasteiger partial charge in [0.25, 0.3) is 11.8 Å². The Morgan fingerprint density at radius 2 is 1.70 bits per heavy atom. The Balaban J connectivity index is 1.68. The molecule has 0 atom stereocenters. The minimum Gasteiger partial charge on any atom is -0.497 e. The maximum Gasteiger partial charge on any atom is 0.281 e. The largest absolute Gasteiger partial charge is 0.497 e. The van der Waals surface area contributed by atoms with Crippen LogP contribution in [0.4, 0.5) is 5.69 Å². The maximum atomic E-state index is 12.4. The molecule has 0 aliphatic carbocycles. The Labute approximate surface area is 134 Å². The second kappa shape index (κ2) is 6.36. The number of hydrogen-bond donors (Lipinski definition) is 1. The van der Waals surface area contributed by atoms with Crippen molar-refractivity contribution in [1.29, 1.82) is 0 Å². The van der Waals surface area contributed by atoms with E-state index in [-0.39, 0.29) is 11.8 Å². The molecular formula is C18H16N2O3. The van der Waals surface area contributed by atoms with Crippen molar-refractivity contribution in [3.8, 4) is 5.75 Å². The van der Waals surface area contributed by atoms with E-state index < -0.39 is 0 Å². The molecule has 0 saturated heterocycles. The number of benzene rings is 2. The van der Waals surface area contributed by atoms with Crippen LogP contribution in [0.5, 0.6) is 5.75 Å². The Kier molecular flexibility index (Phi) is 4.10. The molecule has 3 rings (SSSR count). The van der Waals surface area contributed by atoms with Gasteiger partial charge >= 0.3 is 0 Å². The van der Waals surface area contributed by atoms with Crippen molar-refractivity contribution < 1.29 is 14.3 Å². The summed E-state index contributed by atoms with van der Waals surface area (Å²) in [5.74, 6) is 0.100. The molecule has 1 aliphatic heterocycles. The van der Waals surface area contributed by atoms with Gasteiger partial charge in [0.2, 0.25) is 0 Å². The lowest BCUT2D eigenvalue weighted by Crippen LogP contribution is -2.33. The van der Waals surface area contributed by atoms with Crippen LogP contribution >= 0.6 is 0 Å². The summed E-state index contributed by atoms with van der Waals surface area (Å²) in [6, 6.07) is 16.4. The molecule has 0 spiro atoms. The zero-order valence-corrected chi connectivity index (χ0v) is 12.7. The smallest absolute Gasteiger partial charge is 0.281 e. The summed E-state index contributed by atoms with van der Waals surface area (Å²) in [6.45, 7) is 0.456. The van der Waals surface area contributed by atoms with Gasteiger partial charge < -0.3 is 10.1 Å². The summed E-state index contributed by atoms with van der Waals surface area (Å²) in [4.78, 5) is 25.6. The molecule has 1 heterocycles. The molecule has 23 heavy (non-hydrogen) atoms. The van der Waals surface area contributed by atoms with Crippen LogP contribution in [-0.4, -0.2) is 18.9 Å². The van der Waals surface area contributed by atoms with Gasteiger partial charge in [-0.25, -0.2) is 4.90 Å². The average molecular weight is 308 g/mol. The first-order valence-corrected chi connectivity index (χ1v) is 7.21. The summed E-state index contributed by atoms with van der Waals surface area (Å²) in [5, 5.41) is 3.02. The summed E-state index contributed by atoms with van der Waals surface area (Å²) >= 11 is 0. The third kappa shape index (κ3) is 3.08. The molecule has 2 aromatic carbocycles. The van der Waals surface area contributed by atoms with Gasteiger partial charge in [-0.05, 0) is 29.8 Å². The predicted molar refractivity (Wildman–Crippen MR) is 86.9 cm³/mol. The van der Waals surface area contributed by atoms with E-state index >= 15 is 0 Å². The second-order valence-corrected chi connectivity index (χ2v) is 5.07. The number of nitrogens with one attached hydrogen (secondary N) is 1. The van der Waals surface area contributed by atoms with E-state index in [1.165, 1.54) is 6.08 Å². The number of ether oxygens (including phenoxy) is 1. The molecule has 116 valence electrons. The molecule has 0 saturated carbocycles. The summed E-state index contributed by atoms with van der Waals surface area (Å²) in [5.41, 5.74) is 1.86. The summed E-state index contributed by atoms with van der Waals surface area (Å²) in [7, 11) is 1.61. The fourth-order valence-corrected chi connectivity index (χ4v) is 2.36. The van der Waals surface area contributed by atoms with E-state index in [4.69, 9.17) is 4.74 Å². The highest BCUT2D eigenvalue weighted by atomic mass is 16.5. The van der Waals surface area contributed by atoms with Crippen molar-refractivity contribution in [3.05, 3.63) is 71.9 Å². The number of amides is 2. The second-order valence-electron chi connectivity index (χ2n) is 5.07. The van der Waals surface area contributed by atoms with E-state index in [1.54, 1.807) is 31.4 Å². The molecule has 0 aromatic heterocycles. The molecule has 0 bridgehead atoms. The van der Waals surface area contributed by atoms with Crippen LogP contribution in [0.25, 0.3) is 0 Å². The molecule has 0 fully saturated rings. The van der Waals surface area contributed by atoms with E-state index in [0.717, 1.165) is 16.2 Å². The fraction of sp³-hybridized carbons (Fsp3) is 0.111. The number of para-hydroxylation sites is 1. The van der Waals surface area contributed by atoms with Gasteiger partial charge in [-0.15, -0.1) is 0 Å². The molecule has 5 heteroatoms. The minimum atomic E-state index is -0.338. The van der Waals surface area contributed by atoms with Gasteiger partial charge in [0, 0.05) is 12.6 Å². The standard InChI is InChI=1S/C18H16N2O3/c1-23-15-9-7-13(8-10-15)12-19-16-11-17(21)20(18(16)22)14-5-3-2-4-6-14/h2-11,19H,12H2,1H3. The molecule has 0 unspecified atom stereocenters. The SMILES string of the molecule is COc1ccc(CNC2=CC(=O)N(c3ccccc3)C2=O)cc1. The number of rotatable bonds is 5. The van der Waals surface area contributed by atoms with Crippen molar-refractivity contribution in [2.24, 2.45) is 0 Å². The van der Waals surface area contributed by atoms with Gasteiger partial charge in [-0.2, -0.15) is 0 Å². The van der Waals surface area contributed by atoms with E-state index in [2.05, 4.69) is 5.32 Å². The molecule has 0 radical (unpaired) electrons. The average Bonchev–Trinajstić information content (AvgIpc) is 2.88. The molecule has 5 nitrogen and oxygen atoms in total. The van der Waals surface area contributed by atoms with Crippen LogP contribution in [0, 0.1) is 0 Å². The number of hydrogen-bond acceptors (Lipinski definition) is 4. The summed E-state index contributed by atoms with van der Waals surface area (Å²) < 4.78 is 5.10. The maximum absolute atomic E-state index is 12.4. The highest BCUT2D eigenvalue weighted by molar-refractivity contribution is 6.30. The van der Waals surface area contributed by atoms with Crippen molar-refractivity contribution >= 4 is 17.5 Å². The van der Waals surface area contributed by atoms with Crippen molar-refractivity contribution in [3.63, 3.8) is 0 Å². The van der Waals surface area contributed by atoms with Gasteiger partial charge in [0.05, 0.1) is 12.8 Å². The van der Waals surface area contributed by atoms with Crippen LogP contribution in [-0.2, 0) is 16.1 Å². The number of methoxy groups -OCH3 is 1. The third-order valence-electron chi connectivity index (χ3n) is 3.58. The monoisotopic (exact) mass is 308 g/mol. The van der Waals surface area contributed by atoms with Gasteiger partial charge in [0.1, 0.15) is 11.4 Å². The Bertz CT molecular complexity index is 752. The normalized spacial score (nSPS) is 14.0. The molecule has 1 N–H and O–H groups in total. The van der Waals surface area contributed by atoms with E-state index in [9.17, 15) is 9.59 Å². The van der Waals surface area contributed by atoms with Crippen LogP contribution in [0.15, 0.2) is 66.4 Å². The van der Waals surface area contributed by atoms with Crippen LogP contribution in [0.2, 0.25) is 0 Å². The third-order valence-corrected chi connectivity index (χ3v) is 3.58. The Morgan fingerprint density at radius 3 is 2.35 bits per heavy atom. The number of nitrogens with zero attached hydrogens (tertiary/aromatic N) is 1. The quantitative estimate of drug-likeness (QED) is 0.861. The highest BCUT2D eigenvalue weighted by Crippen LogP contribution is 2.21. The number of carbonyl (C=O) groups excluding carboxylic acids is 2. The highest BCUT2D eigenvalue weighted by Gasteiger charge is 2.32. The fourth-order valence-electron chi connectivity index (χ4n) is 2.36. The number of anilines is 1. The zero-order valence-electron chi connectivity index (χ0n) is 12.7. The zero-order chi connectivity index (χ0) is 16.2. The van der Waals surface area contributed by atoms with Crippen molar-refractivity contribution in [1.82, 2.24) is 5.32 Å². The van der Waals surface area contributed by atoms with Gasteiger partial charge in [0.15, 0.2) is 0 Å². The van der Waals surface area contributed by atoms with Crippen LogP contribution < -0.4 is 15.0 Å². The molecule has 1 aliphatic rings. The van der Waals surface area contributed by atoms with Crippen molar-refractivity contribution in [2.45, 2.75) is 6.54 Å². The first-order chi connectivity index (χ1) is 11.2. The Hall–Kier alpha value is -3.08.